The second-order valence-electron chi connectivity index (χ2n) is 4.52. The van der Waals surface area contributed by atoms with Gasteiger partial charge < -0.3 is 20.1 Å². The van der Waals surface area contributed by atoms with Gasteiger partial charge in [-0.1, -0.05) is 11.8 Å². The number of amides is 2. The summed E-state index contributed by atoms with van der Waals surface area (Å²) in [6.45, 7) is 1.96. The highest BCUT2D eigenvalue weighted by molar-refractivity contribution is 5.74. The Hall–Kier alpha value is -2.10. The van der Waals surface area contributed by atoms with Gasteiger partial charge in [0.2, 0.25) is 0 Å². The Bertz CT molecular complexity index is 560. The van der Waals surface area contributed by atoms with Gasteiger partial charge in [-0.3, -0.25) is 0 Å². The lowest BCUT2D eigenvalue weighted by Gasteiger charge is -2.27. The Kier molecular flexibility index (Phi) is 5.55. The second-order valence-corrected chi connectivity index (χ2v) is 4.52. The Labute approximate surface area is 122 Å². The van der Waals surface area contributed by atoms with Gasteiger partial charge in [0.1, 0.15) is 12.4 Å². The van der Waals surface area contributed by atoms with E-state index in [1.165, 1.54) is 12.1 Å². The molecule has 2 rings (SSSR count). The Balaban J connectivity index is 1.96. The van der Waals surface area contributed by atoms with Gasteiger partial charge in [0.05, 0.1) is 13.2 Å². The van der Waals surface area contributed by atoms with Crippen molar-refractivity contribution in [3.63, 3.8) is 0 Å². The fourth-order valence-corrected chi connectivity index (χ4v) is 1.98. The van der Waals surface area contributed by atoms with Crippen molar-refractivity contribution >= 4 is 6.03 Å². The van der Waals surface area contributed by atoms with Gasteiger partial charge in [-0.15, -0.1) is 0 Å². The smallest absolute Gasteiger partial charge is 0.317 e. The number of hydrogen-bond acceptors (Lipinski definition) is 3. The minimum Gasteiger partial charge on any atom is -0.384 e. The molecule has 1 fully saturated rings. The lowest BCUT2D eigenvalue weighted by molar-refractivity contribution is 0.0531. The monoisotopic (exact) mass is 292 g/mol. The third-order valence-corrected chi connectivity index (χ3v) is 3.09. The molecule has 0 saturated carbocycles. The number of ether oxygens (including phenoxy) is 1. The molecule has 0 unspecified atom stereocenters. The molecule has 21 heavy (non-hydrogen) atoms. The number of nitrogens with one attached hydrogen (secondary N) is 1. The van der Waals surface area contributed by atoms with Crippen LogP contribution in [0.15, 0.2) is 18.2 Å². The molecule has 0 atom stereocenters. The highest BCUT2D eigenvalue weighted by atomic mass is 19.1. The molecule has 1 heterocycles. The van der Waals surface area contributed by atoms with Gasteiger partial charge in [-0.25, -0.2) is 9.18 Å². The van der Waals surface area contributed by atoms with E-state index in [0.717, 1.165) is 0 Å². The highest BCUT2D eigenvalue weighted by Gasteiger charge is 2.16. The van der Waals surface area contributed by atoms with Gasteiger partial charge in [0.25, 0.3) is 0 Å². The van der Waals surface area contributed by atoms with Crippen LogP contribution in [0, 0.1) is 17.7 Å². The highest BCUT2D eigenvalue weighted by Crippen LogP contribution is 2.10. The molecule has 0 aromatic heterocycles. The maximum Gasteiger partial charge on any atom is 0.317 e. The fourth-order valence-electron chi connectivity index (χ4n) is 1.98. The normalized spacial score (nSPS) is 14.3. The number of morpholine rings is 1. The van der Waals surface area contributed by atoms with E-state index in [0.29, 0.717) is 37.4 Å². The number of aliphatic hydroxyl groups excluding tert-OH is 1. The topological polar surface area (TPSA) is 61.8 Å². The molecule has 2 amide bonds. The number of hydrogen-bond donors (Lipinski definition) is 2. The summed E-state index contributed by atoms with van der Waals surface area (Å²) < 4.78 is 18.9. The molecule has 6 heteroatoms. The summed E-state index contributed by atoms with van der Waals surface area (Å²) in [4.78, 5) is 13.6. The SMILES string of the molecule is O=C(NCc1cc(C#CCO)ccc1F)N1CCOCC1. The van der Waals surface area contributed by atoms with Crippen LogP contribution in [0.1, 0.15) is 11.1 Å². The molecule has 112 valence electrons. The second kappa shape index (κ2) is 7.62. The maximum atomic E-state index is 13.7. The summed E-state index contributed by atoms with van der Waals surface area (Å²) in [7, 11) is 0. The van der Waals surface area contributed by atoms with Crippen molar-refractivity contribution in [1.29, 1.82) is 0 Å². The maximum absolute atomic E-state index is 13.7. The number of carbonyl (C=O) groups is 1. The zero-order chi connectivity index (χ0) is 15.1. The molecule has 2 N–H and O–H groups in total. The first kappa shape index (κ1) is 15.3. The molecule has 1 aromatic rings. The molecular weight excluding hydrogens is 275 g/mol. The van der Waals surface area contributed by atoms with E-state index in [2.05, 4.69) is 17.2 Å². The first-order valence-corrected chi connectivity index (χ1v) is 6.69. The number of aliphatic hydroxyl groups is 1. The van der Waals surface area contributed by atoms with Gasteiger partial charge >= 0.3 is 6.03 Å². The molecule has 0 spiro atoms. The number of carbonyl (C=O) groups excluding carboxylic acids is 1. The van der Waals surface area contributed by atoms with E-state index in [9.17, 15) is 9.18 Å². The molecule has 1 aromatic carbocycles. The number of rotatable bonds is 2. The van der Waals surface area contributed by atoms with E-state index in [1.54, 1.807) is 11.0 Å². The Morgan fingerprint density at radius 1 is 1.43 bits per heavy atom. The average molecular weight is 292 g/mol. The van der Waals surface area contributed by atoms with Crippen LogP contribution in [-0.4, -0.2) is 48.9 Å². The summed E-state index contributed by atoms with van der Waals surface area (Å²) >= 11 is 0. The number of benzene rings is 1. The lowest BCUT2D eigenvalue weighted by Crippen LogP contribution is -2.45. The van der Waals surface area contributed by atoms with Gasteiger partial charge in [0.15, 0.2) is 0 Å². The summed E-state index contributed by atoms with van der Waals surface area (Å²) in [5.74, 6) is 4.81. The van der Waals surface area contributed by atoms with Crippen molar-refractivity contribution < 1.29 is 19.0 Å². The van der Waals surface area contributed by atoms with Crippen LogP contribution in [0.3, 0.4) is 0 Å². The van der Waals surface area contributed by atoms with Crippen molar-refractivity contribution in [1.82, 2.24) is 10.2 Å². The lowest BCUT2D eigenvalue weighted by atomic mass is 10.1. The molecular formula is C15H17FN2O3. The van der Waals surface area contributed by atoms with Crippen molar-refractivity contribution in [3.8, 4) is 11.8 Å². The first-order chi connectivity index (χ1) is 10.2. The summed E-state index contributed by atoms with van der Waals surface area (Å²) in [6, 6.07) is 4.17. The zero-order valence-electron chi connectivity index (χ0n) is 11.6. The zero-order valence-corrected chi connectivity index (χ0v) is 11.6. The Morgan fingerprint density at radius 3 is 2.90 bits per heavy atom. The largest absolute Gasteiger partial charge is 0.384 e. The van der Waals surface area contributed by atoms with Crippen LogP contribution < -0.4 is 5.32 Å². The quantitative estimate of drug-likeness (QED) is 0.789. The van der Waals surface area contributed by atoms with Crippen LogP contribution in [0.5, 0.6) is 0 Å². The van der Waals surface area contributed by atoms with E-state index in [4.69, 9.17) is 9.84 Å². The summed E-state index contributed by atoms with van der Waals surface area (Å²) in [5.41, 5.74) is 0.961. The van der Waals surface area contributed by atoms with E-state index < -0.39 is 5.82 Å². The molecule has 0 aliphatic carbocycles. The van der Waals surface area contributed by atoms with E-state index in [-0.39, 0.29) is 19.2 Å². The number of halogens is 1. The van der Waals surface area contributed by atoms with Crippen LogP contribution >= 0.6 is 0 Å². The van der Waals surface area contributed by atoms with Crippen molar-refractivity contribution in [2.45, 2.75) is 6.54 Å². The van der Waals surface area contributed by atoms with Crippen LogP contribution in [0.2, 0.25) is 0 Å². The van der Waals surface area contributed by atoms with E-state index in [1.807, 2.05) is 0 Å². The fraction of sp³-hybridized carbons (Fsp3) is 0.400. The van der Waals surface area contributed by atoms with Crippen molar-refractivity contribution in [3.05, 3.63) is 35.1 Å². The molecule has 1 aliphatic rings. The molecule has 1 saturated heterocycles. The minimum atomic E-state index is -0.396. The van der Waals surface area contributed by atoms with Gasteiger partial charge in [0, 0.05) is 30.8 Å². The number of urea groups is 1. The summed E-state index contributed by atoms with van der Waals surface area (Å²) in [6.07, 6.45) is 0. The third kappa shape index (κ3) is 4.45. The molecule has 0 radical (unpaired) electrons. The predicted molar refractivity (Wildman–Crippen MR) is 75.0 cm³/mol. The van der Waals surface area contributed by atoms with E-state index >= 15 is 0 Å². The van der Waals surface area contributed by atoms with Gasteiger partial charge in [-0.2, -0.15) is 0 Å². The predicted octanol–water partition coefficient (Wildman–Crippen LogP) is 0.711. The van der Waals surface area contributed by atoms with Crippen molar-refractivity contribution in [2.24, 2.45) is 0 Å². The minimum absolute atomic E-state index is 0.0939. The number of nitrogens with zero attached hydrogens (tertiary/aromatic N) is 1. The Morgan fingerprint density at radius 2 is 2.19 bits per heavy atom. The van der Waals surface area contributed by atoms with Crippen LogP contribution in [0.25, 0.3) is 0 Å². The average Bonchev–Trinajstić information content (AvgIpc) is 2.53. The van der Waals surface area contributed by atoms with Crippen LogP contribution in [0.4, 0.5) is 9.18 Å². The standard InChI is InChI=1S/C15H17FN2O3/c16-14-4-3-12(2-1-7-19)10-13(14)11-17-15(20)18-5-8-21-9-6-18/h3-4,10,19H,5-9,11H2,(H,17,20). The molecule has 1 aliphatic heterocycles. The van der Waals surface area contributed by atoms with Crippen molar-refractivity contribution in [2.75, 3.05) is 32.9 Å². The first-order valence-electron chi connectivity index (χ1n) is 6.69. The summed E-state index contributed by atoms with van der Waals surface area (Å²) in [5, 5.41) is 11.3. The molecule has 0 bridgehead atoms. The van der Waals surface area contributed by atoms with Crippen LogP contribution in [-0.2, 0) is 11.3 Å². The van der Waals surface area contributed by atoms with Gasteiger partial charge in [-0.05, 0) is 18.2 Å². The molecule has 5 nitrogen and oxygen atoms in total. The third-order valence-electron chi connectivity index (χ3n) is 3.09.